The van der Waals surface area contributed by atoms with E-state index in [9.17, 15) is 22.2 Å². The second kappa shape index (κ2) is 9.71. The van der Waals surface area contributed by atoms with Gasteiger partial charge in [-0.3, -0.25) is 4.72 Å². The molecule has 1 aromatic heterocycles. The number of alkyl halides is 3. The van der Waals surface area contributed by atoms with Crippen LogP contribution in [0.1, 0.15) is 20.9 Å². The quantitative estimate of drug-likeness (QED) is 0.509. The number of carboxylic acids is 1. The third-order valence-electron chi connectivity index (χ3n) is 3.73. The summed E-state index contributed by atoms with van der Waals surface area (Å²) in [5.74, 6) is 4.23. The summed E-state index contributed by atoms with van der Waals surface area (Å²) >= 11 is 1.13. The molecule has 3 aromatic rings. The number of carboxylic acid groups (broad SMARTS) is 1. The molecule has 0 saturated carbocycles. The molecule has 2 N–H and O–H groups in total. The topological polar surface area (TPSA) is 97.8 Å². The van der Waals surface area contributed by atoms with Gasteiger partial charge in [0.05, 0.1) is 18.4 Å². The number of thiazole rings is 1. The first kappa shape index (κ1) is 23.1. The first-order valence-electron chi connectivity index (χ1n) is 8.58. The van der Waals surface area contributed by atoms with Crippen molar-refractivity contribution in [2.45, 2.75) is 11.4 Å². The van der Waals surface area contributed by atoms with Gasteiger partial charge in [-0.15, -0.1) is 24.5 Å². The number of aromatic carboxylic acids is 1. The van der Waals surface area contributed by atoms with Gasteiger partial charge in [0.1, 0.15) is 11.5 Å². The van der Waals surface area contributed by atoms with Gasteiger partial charge in [0, 0.05) is 10.9 Å². The number of nitrogens with zero attached hydrogens (tertiary/aromatic N) is 1. The van der Waals surface area contributed by atoms with Crippen molar-refractivity contribution in [3.8, 4) is 23.3 Å². The Hall–Kier alpha value is -3.56. The van der Waals surface area contributed by atoms with Crippen LogP contribution in [0.4, 0.5) is 18.9 Å². The fraction of sp³-hybridized carbons (Fsp3) is 0.100. The summed E-state index contributed by atoms with van der Waals surface area (Å²) in [5, 5.41) is 11.1. The van der Waals surface area contributed by atoms with Crippen LogP contribution >= 0.6 is 11.3 Å². The van der Waals surface area contributed by atoms with E-state index in [1.54, 1.807) is 0 Å². The van der Waals surface area contributed by atoms with Gasteiger partial charge in [-0.1, -0.05) is 5.92 Å². The van der Waals surface area contributed by atoms with E-state index in [0.717, 1.165) is 23.5 Å². The maximum absolute atomic E-state index is 12.6. The number of ether oxygens (including phenoxy) is 2. The predicted octanol–water partition coefficient (Wildman–Crippen LogP) is 4.28. The minimum absolute atomic E-state index is 0.0161. The van der Waals surface area contributed by atoms with Crippen molar-refractivity contribution < 1.29 is 36.8 Å². The fourth-order valence-corrected chi connectivity index (χ4v) is 4.05. The molecule has 0 aliphatic rings. The molecule has 0 aliphatic carbocycles. The maximum atomic E-state index is 12.6. The molecule has 0 spiro atoms. The highest BCUT2D eigenvalue weighted by Gasteiger charge is 2.30. The fourth-order valence-electron chi connectivity index (χ4n) is 2.33. The van der Waals surface area contributed by atoms with Crippen molar-refractivity contribution >= 4 is 34.0 Å². The molecule has 1 heterocycles. The molecule has 0 aliphatic heterocycles. The third kappa shape index (κ3) is 6.22. The van der Waals surface area contributed by atoms with Gasteiger partial charge in [-0.05, 0) is 48.4 Å². The molecular weight excluding hydrogens is 469 g/mol. The van der Waals surface area contributed by atoms with Gasteiger partial charge >= 0.3 is 12.3 Å². The zero-order chi connectivity index (χ0) is 23.3. The molecule has 32 heavy (non-hydrogen) atoms. The Morgan fingerprint density at radius 1 is 1.19 bits per heavy atom. The lowest BCUT2D eigenvalue weighted by molar-refractivity contribution is -0.274. The zero-order valence-corrected chi connectivity index (χ0v) is 17.7. The van der Waals surface area contributed by atoms with E-state index >= 15 is 0 Å². The van der Waals surface area contributed by atoms with E-state index in [-0.39, 0.29) is 22.1 Å². The van der Waals surface area contributed by atoms with Crippen molar-refractivity contribution in [3.05, 3.63) is 64.0 Å². The summed E-state index contributed by atoms with van der Waals surface area (Å²) in [6, 6.07) is 9.10. The highest BCUT2D eigenvalue weighted by Crippen LogP contribution is 2.27. The smallest absolute Gasteiger partial charge is 0.495 e. The van der Waals surface area contributed by atoms with Crippen LogP contribution in [0, 0.1) is 11.8 Å². The number of carbonyl (C=O) groups is 1. The van der Waals surface area contributed by atoms with Crippen LogP contribution in [0.25, 0.3) is 0 Å². The summed E-state index contributed by atoms with van der Waals surface area (Å²) in [5.41, 5.74) is 0.777. The second-order valence-corrected chi connectivity index (χ2v) is 7.92. The number of anilines is 1. The van der Waals surface area contributed by atoms with E-state index in [0.29, 0.717) is 16.3 Å². The molecule has 3 rings (SSSR count). The van der Waals surface area contributed by atoms with Crippen molar-refractivity contribution in [1.82, 2.24) is 4.98 Å². The largest absolute Gasteiger partial charge is 0.573 e. The number of halogens is 3. The number of aromatic nitrogens is 1. The van der Waals surface area contributed by atoms with Gasteiger partial charge in [0.2, 0.25) is 0 Å². The number of nitrogens with one attached hydrogen (secondary N) is 1. The SMILES string of the molecule is COc1cc(C(=O)O)ccc1NS(=O)c1csc(C#Cc2ccc(OC(F)(F)F)cc2)n1. The minimum Gasteiger partial charge on any atom is -0.495 e. The third-order valence-corrected chi connectivity index (χ3v) is 5.63. The van der Waals surface area contributed by atoms with Gasteiger partial charge < -0.3 is 14.6 Å². The maximum Gasteiger partial charge on any atom is 0.573 e. The van der Waals surface area contributed by atoms with Gasteiger partial charge in [0.25, 0.3) is 0 Å². The molecule has 0 fully saturated rings. The Labute approximate surface area is 186 Å². The summed E-state index contributed by atoms with van der Waals surface area (Å²) in [6.07, 6.45) is -4.77. The predicted molar refractivity (Wildman–Crippen MR) is 111 cm³/mol. The molecular formula is C20H13F3N2O5S2. The monoisotopic (exact) mass is 482 g/mol. The van der Waals surface area contributed by atoms with E-state index in [1.165, 1.54) is 42.8 Å². The molecule has 0 bridgehead atoms. The standard InChI is InChI=1S/C20H13F3N2O5S2/c1-29-16-10-13(19(26)27)5-8-15(16)25-32(28)18-11-31-17(24-18)9-4-12-2-6-14(7-3-12)30-20(21,22)23/h2-3,5-8,10-11,25H,1H3,(H,26,27). The van der Waals surface area contributed by atoms with Crippen LogP contribution in [0.3, 0.4) is 0 Å². The molecule has 2 aromatic carbocycles. The Bertz CT molecular complexity index is 1210. The van der Waals surface area contributed by atoms with Crippen LogP contribution in [0.2, 0.25) is 0 Å². The summed E-state index contributed by atoms with van der Waals surface area (Å²) in [6.45, 7) is 0. The first-order valence-corrected chi connectivity index (χ1v) is 10.6. The lowest BCUT2D eigenvalue weighted by atomic mass is 10.2. The van der Waals surface area contributed by atoms with Crippen LogP contribution in [0.5, 0.6) is 11.5 Å². The molecule has 0 amide bonds. The summed E-state index contributed by atoms with van der Waals surface area (Å²) in [4.78, 5) is 15.2. The Kier molecular flexibility index (Phi) is 7.01. The Balaban J connectivity index is 1.69. The molecule has 1 unspecified atom stereocenters. The van der Waals surface area contributed by atoms with Gasteiger partial charge in [0.15, 0.2) is 21.0 Å². The lowest BCUT2D eigenvalue weighted by Gasteiger charge is -2.10. The normalized spacial score (nSPS) is 11.8. The van der Waals surface area contributed by atoms with Crippen LogP contribution in [-0.4, -0.2) is 33.7 Å². The second-order valence-electron chi connectivity index (χ2n) is 5.90. The van der Waals surface area contributed by atoms with Crippen molar-refractivity contribution in [2.24, 2.45) is 0 Å². The molecule has 1 atom stereocenters. The average Bonchev–Trinajstić information content (AvgIpc) is 3.21. The highest BCUT2D eigenvalue weighted by molar-refractivity contribution is 7.86. The van der Waals surface area contributed by atoms with E-state index < -0.39 is 23.3 Å². The number of hydrogen-bond acceptors (Lipinski definition) is 6. The first-order chi connectivity index (χ1) is 15.1. The number of hydrogen-bond donors (Lipinski definition) is 2. The molecule has 0 radical (unpaired) electrons. The van der Waals surface area contributed by atoms with E-state index in [2.05, 4.69) is 26.3 Å². The van der Waals surface area contributed by atoms with Crippen molar-refractivity contribution in [1.29, 1.82) is 0 Å². The van der Waals surface area contributed by atoms with Crippen LogP contribution in [0.15, 0.2) is 52.9 Å². The van der Waals surface area contributed by atoms with Crippen molar-refractivity contribution in [2.75, 3.05) is 11.8 Å². The molecule has 12 heteroatoms. The number of methoxy groups -OCH3 is 1. The highest BCUT2D eigenvalue weighted by atomic mass is 32.2. The lowest BCUT2D eigenvalue weighted by Crippen LogP contribution is -2.16. The van der Waals surface area contributed by atoms with Gasteiger partial charge in [-0.25, -0.2) is 14.0 Å². The van der Waals surface area contributed by atoms with E-state index in [1.807, 2.05) is 0 Å². The van der Waals surface area contributed by atoms with E-state index in [4.69, 9.17) is 9.84 Å². The van der Waals surface area contributed by atoms with Gasteiger partial charge in [-0.2, -0.15) is 0 Å². The average molecular weight is 482 g/mol. The zero-order valence-electron chi connectivity index (χ0n) is 16.1. The Morgan fingerprint density at radius 3 is 2.53 bits per heavy atom. The molecule has 166 valence electrons. The number of rotatable bonds is 6. The molecule has 0 saturated heterocycles. The van der Waals surface area contributed by atoms with Crippen LogP contribution in [-0.2, 0) is 11.0 Å². The summed E-state index contributed by atoms with van der Waals surface area (Å²) in [7, 11) is -0.418. The van der Waals surface area contributed by atoms with Crippen molar-refractivity contribution in [3.63, 3.8) is 0 Å². The Morgan fingerprint density at radius 2 is 1.91 bits per heavy atom. The number of benzene rings is 2. The minimum atomic E-state index is -4.77. The van der Waals surface area contributed by atoms with Crippen LogP contribution < -0.4 is 14.2 Å². The summed E-state index contributed by atoms with van der Waals surface area (Å²) < 4.78 is 60.8. The molecule has 7 nitrogen and oxygen atoms in total.